The molecule has 1 amide bonds. The van der Waals surface area contributed by atoms with Gasteiger partial charge in [0.15, 0.2) is 5.76 Å². The van der Waals surface area contributed by atoms with E-state index in [0.29, 0.717) is 31.7 Å². The number of rotatable bonds is 3. The highest BCUT2D eigenvalue weighted by atomic mass is 19.1. The highest BCUT2D eigenvalue weighted by molar-refractivity contribution is 5.94. The molecule has 1 aromatic carbocycles. The number of benzene rings is 1. The normalized spacial score (nSPS) is 15.2. The van der Waals surface area contributed by atoms with Gasteiger partial charge in [-0.05, 0) is 31.9 Å². The highest BCUT2D eigenvalue weighted by Crippen LogP contribution is 2.35. The van der Waals surface area contributed by atoms with Gasteiger partial charge in [0.1, 0.15) is 17.5 Å². The predicted octanol–water partition coefficient (Wildman–Crippen LogP) is 5.04. The summed E-state index contributed by atoms with van der Waals surface area (Å²) in [4.78, 5) is 23.9. The molecule has 6 nitrogen and oxygen atoms in total. The Bertz CT molecular complexity index is 1120. The lowest BCUT2D eigenvalue weighted by molar-refractivity contribution is 0.0711. The van der Waals surface area contributed by atoms with Crippen LogP contribution in [0, 0.1) is 18.6 Å². The van der Waals surface area contributed by atoms with E-state index < -0.39 is 11.6 Å². The van der Waals surface area contributed by atoms with E-state index in [1.165, 1.54) is 0 Å². The third-order valence-corrected chi connectivity index (χ3v) is 5.66. The number of nitrogens with zero attached hydrogens (tertiary/aromatic N) is 4. The van der Waals surface area contributed by atoms with E-state index in [1.54, 1.807) is 11.1 Å². The molecule has 0 saturated carbocycles. The van der Waals surface area contributed by atoms with Crippen LogP contribution in [-0.2, 0) is 5.41 Å². The van der Waals surface area contributed by atoms with Crippen molar-refractivity contribution in [1.82, 2.24) is 20.0 Å². The average molecular weight is 440 g/mol. The molecule has 0 spiro atoms. The molecule has 0 unspecified atom stereocenters. The lowest BCUT2D eigenvalue weighted by Gasteiger charge is -2.33. The molecule has 4 rings (SSSR count). The van der Waals surface area contributed by atoms with E-state index in [-0.39, 0.29) is 22.8 Å². The molecule has 8 heteroatoms. The molecule has 1 aliphatic rings. The SMILES string of the molecule is Cc1cc(-c2cnc(C(C)(C)C)nc2C2CCN(C(=O)c3cc(F)cc(F)c3)CC2)on1. The largest absolute Gasteiger partial charge is 0.356 e. The molecule has 32 heavy (non-hydrogen) atoms. The molecule has 0 atom stereocenters. The predicted molar refractivity (Wildman–Crippen MR) is 115 cm³/mol. The number of hydrogen-bond donors (Lipinski definition) is 0. The Balaban J connectivity index is 1.59. The van der Waals surface area contributed by atoms with Crippen molar-refractivity contribution in [1.29, 1.82) is 0 Å². The minimum absolute atomic E-state index is 0.0239. The lowest BCUT2D eigenvalue weighted by atomic mass is 9.88. The topological polar surface area (TPSA) is 72.1 Å². The van der Waals surface area contributed by atoms with E-state index in [9.17, 15) is 13.6 Å². The van der Waals surface area contributed by atoms with Gasteiger partial charge < -0.3 is 9.42 Å². The number of aromatic nitrogens is 3. The van der Waals surface area contributed by atoms with Gasteiger partial charge in [-0.3, -0.25) is 4.79 Å². The molecule has 1 saturated heterocycles. The number of halogens is 2. The van der Waals surface area contributed by atoms with Crippen LogP contribution >= 0.6 is 0 Å². The van der Waals surface area contributed by atoms with Crippen LogP contribution in [0.2, 0.25) is 0 Å². The van der Waals surface area contributed by atoms with Crippen LogP contribution in [0.3, 0.4) is 0 Å². The molecule has 0 bridgehead atoms. The highest BCUT2D eigenvalue weighted by Gasteiger charge is 2.30. The summed E-state index contributed by atoms with van der Waals surface area (Å²) in [5.74, 6) is -0.441. The van der Waals surface area contributed by atoms with Gasteiger partial charge in [-0.25, -0.2) is 18.7 Å². The second-order valence-electron chi connectivity index (χ2n) is 9.30. The first kappa shape index (κ1) is 22.0. The zero-order valence-corrected chi connectivity index (χ0v) is 18.7. The van der Waals surface area contributed by atoms with Crippen LogP contribution in [0.1, 0.15) is 67.1 Å². The summed E-state index contributed by atoms with van der Waals surface area (Å²) in [5, 5.41) is 3.99. The van der Waals surface area contributed by atoms with Gasteiger partial charge in [0.2, 0.25) is 0 Å². The summed E-state index contributed by atoms with van der Waals surface area (Å²) in [6.45, 7) is 8.96. The summed E-state index contributed by atoms with van der Waals surface area (Å²) in [5.41, 5.74) is 2.26. The van der Waals surface area contributed by atoms with Crippen LogP contribution in [0.15, 0.2) is 35.0 Å². The first-order chi connectivity index (χ1) is 15.1. The molecule has 1 aliphatic heterocycles. The number of carbonyl (C=O) groups is 1. The minimum atomic E-state index is -0.758. The maximum atomic E-state index is 13.5. The molecule has 168 valence electrons. The number of carbonyl (C=O) groups excluding carboxylic acids is 1. The molecule has 1 fully saturated rings. The fourth-order valence-corrected chi connectivity index (χ4v) is 3.96. The average Bonchev–Trinajstić information content (AvgIpc) is 3.17. The molecular formula is C24H26F2N4O2. The number of piperidine rings is 1. The Labute approximate surface area is 185 Å². The van der Waals surface area contributed by atoms with E-state index in [4.69, 9.17) is 9.51 Å². The van der Waals surface area contributed by atoms with Crippen LogP contribution in [0.4, 0.5) is 8.78 Å². The fourth-order valence-electron chi connectivity index (χ4n) is 3.96. The summed E-state index contributed by atoms with van der Waals surface area (Å²) in [6.07, 6.45) is 3.13. The molecular weight excluding hydrogens is 414 g/mol. The Kier molecular flexibility index (Phi) is 5.79. The summed E-state index contributed by atoms with van der Waals surface area (Å²) >= 11 is 0. The van der Waals surface area contributed by atoms with Crippen LogP contribution in [0.5, 0.6) is 0 Å². The zero-order valence-electron chi connectivity index (χ0n) is 18.7. The molecule has 0 N–H and O–H groups in total. The summed E-state index contributed by atoms with van der Waals surface area (Å²) in [6, 6.07) is 4.76. The van der Waals surface area contributed by atoms with Crippen LogP contribution in [0.25, 0.3) is 11.3 Å². The quantitative estimate of drug-likeness (QED) is 0.571. The third kappa shape index (κ3) is 4.54. The van der Waals surface area contributed by atoms with Gasteiger partial charge in [0, 0.05) is 48.3 Å². The molecule has 0 aliphatic carbocycles. The maximum absolute atomic E-state index is 13.5. The monoisotopic (exact) mass is 440 g/mol. The number of aryl methyl sites for hydroxylation is 1. The van der Waals surface area contributed by atoms with E-state index in [2.05, 4.69) is 30.9 Å². The number of amides is 1. The van der Waals surface area contributed by atoms with Gasteiger partial charge in [0.25, 0.3) is 5.91 Å². The zero-order chi connectivity index (χ0) is 23.0. The number of hydrogen-bond acceptors (Lipinski definition) is 5. The second-order valence-corrected chi connectivity index (χ2v) is 9.30. The van der Waals surface area contributed by atoms with Crippen LogP contribution < -0.4 is 0 Å². The van der Waals surface area contributed by atoms with Crippen molar-refractivity contribution in [2.45, 2.75) is 51.9 Å². The van der Waals surface area contributed by atoms with Crippen molar-refractivity contribution >= 4 is 5.91 Å². The smallest absolute Gasteiger partial charge is 0.254 e. The molecule has 0 radical (unpaired) electrons. The second kappa shape index (κ2) is 8.41. The number of likely N-dealkylation sites (tertiary alicyclic amines) is 1. The van der Waals surface area contributed by atoms with Crippen molar-refractivity contribution in [3.05, 3.63) is 64.9 Å². The van der Waals surface area contributed by atoms with Gasteiger partial charge in [-0.15, -0.1) is 0 Å². The van der Waals surface area contributed by atoms with E-state index >= 15 is 0 Å². The van der Waals surface area contributed by atoms with Crippen molar-refractivity contribution in [2.24, 2.45) is 0 Å². The van der Waals surface area contributed by atoms with Crippen molar-refractivity contribution in [2.75, 3.05) is 13.1 Å². The third-order valence-electron chi connectivity index (χ3n) is 5.66. The minimum Gasteiger partial charge on any atom is -0.356 e. The van der Waals surface area contributed by atoms with Gasteiger partial charge in [0.05, 0.1) is 17.0 Å². The van der Waals surface area contributed by atoms with Crippen LogP contribution in [-0.4, -0.2) is 39.0 Å². The molecule has 3 aromatic rings. The summed E-state index contributed by atoms with van der Waals surface area (Å²) < 4.78 is 32.6. The first-order valence-electron chi connectivity index (χ1n) is 10.7. The van der Waals surface area contributed by atoms with Crippen molar-refractivity contribution in [3.63, 3.8) is 0 Å². The Morgan fingerprint density at radius 1 is 1.09 bits per heavy atom. The fraction of sp³-hybridized carbons (Fsp3) is 0.417. The van der Waals surface area contributed by atoms with Gasteiger partial charge in [-0.2, -0.15) is 0 Å². The first-order valence-corrected chi connectivity index (χ1v) is 10.7. The Morgan fingerprint density at radius 3 is 2.31 bits per heavy atom. The van der Waals surface area contributed by atoms with Crippen molar-refractivity contribution in [3.8, 4) is 11.3 Å². The van der Waals surface area contributed by atoms with Gasteiger partial charge >= 0.3 is 0 Å². The lowest BCUT2D eigenvalue weighted by Crippen LogP contribution is -2.38. The standard InChI is InChI=1S/C24H26F2N4O2/c1-14-9-20(32-29-14)19-13-27-23(24(2,3)4)28-21(19)15-5-7-30(8-6-15)22(31)16-10-17(25)12-18(26)11-16/h9-13,15H,5-8H2,1-4H3. The molecule has 2 aromatic heterocycles. The molecule has 3 heterocycles. The Morgan fingerprint density at radius 2 is 1.75 bits per heavy atom. The maximum Gasteiger partial charge on any atom is 0.254 e. The van der Waals surface area contributed by atoms with E-state index in [0.717, 1.165) is 41.0 Å². The Hall–Kier alpha value is -3.16. The summed E-state index contributed by atoms with van der Waals surface area (Å²) in [7, 11) is 0. The van der Waals surface area contributed by atoms with Gasteiger partial charge in [-0.1, -0.05) is 25.9 Å². The van der Waals surface area contributed by atoms with Crippen molar-refractivity contribution < 1.29 is 18.1 Å². The van der Waals surface area contributed by atoms with E-state index in [1.807, 2.05) is 13.0 Å².